The van der Waals surface area contributed by atoms with E-state index in [2.05, 4.69) is 10.6 Å². The van der Waals surface area contributed by atoms with E-state index >= 15 is 0 Å². The monoisotopic (exact) mass is 380 g/mol. The van der Waals surface area contributed by atoms with Gasteiger partial charge in [-0.3, -0.25) is 4.79 Å². The van der Waals surface area contributed by atoms with E-state index < -0.39 is 0 Å². The molecule has 2 aromatic rings. The molecule has 2 rings (SSSR count). The molecule has 1 aromatic carbocycles. The fraction of sp³-hybridized carbons (Fsp3) is 0.421. The standard InChI is InChI=1S/C19H25ClN2O4/c1-19(2,3)22-18(23)12-26-17-9-15(20)13(8-16(17)24-4)10-21-11-14-6-5-7-25-14/h5-9,21H,10-12H2,1-4H3,(H,22,23). The fourth-order valence-corrected chi connectivity index (χ4v) is 2.54. The summed E-state index contributed by atoms with van der Waals surface area (Å²) < 4.78 is 16.2. The van der Waals surface area contributed by atoms with E-state index in [1.165, 1.54) is 0 Å². The van der Waals surface area contributed by atoms with Gasteiger partial charge >= 0.3 is 0 Å². The predicted octanol–water partition coefficient (Wildman–Crippen LogP) is 3.52. The van der Waals surface area contributed by atoms with Crippen LogP contribution in [0, 0.1) is 0 Å². The molecule has 1 aromatic heterocycles. The van der Waals surface area contributed by atoms with E-state index in [1.54, 1.807) is 25.5 Å². The molecule has 0 aliphatic rings. The highest BCUT2D eigenvalue weighted by molar-refractivity contribution is 6.31. The van der Waals surface area contributed by atoms with Gasteiger partial charge in [-0.25, -0.2) is 0 Å². The second-order valence-electron chi connectivity index (χ2n) is 6.86. The van der Waals surface area contributed by atoms with Gasteiger partial charge in [-0.2, -0.15) is 0 Å². The van der Waals surface area contributed by atoms with Gasteiger partial charge in [0.1, 0.15) is 5.76 Å². The number of amides is 1. The molecule has 0 bridgehead atoms. The van der Waals surface area contributed by atoms with Gasteiger partial charge in [0.05, 0.1) is 19.9 Å². The Morgan fingerprint density at radius 2 is 2.00 bits per heavy atom. The van der Waals surface area contributed by atoms with Crippen LogP contribution in [0.4, 0.5) is 0 Å². The topological polar surface area (TPSA) is 72.7 Å². The highest BCUT2D eigenvalue weighted by Crippen LogP contribution is 2.33. The van der Waals surface area contributed by atoms with Crippen molar-refractivity contribution in [1.82, 2.24) is 10.6 Å². The molecule has 7 heteroatoms. The maximum absolute atomic E-state index is 11.9. The van der Waals surface area contributed by atoms with Crippen molar-refractivity contribution in [2.75, 3.05) is 13.7 Å². The first-order valence-electron chi connectivity index (χ1n) is 8.32. The van der Waals surface area contributed by atoms with Gasteiger partial charge in [-0.1, -0.05) is 11.6 Å². The normalized spacial score (nSPS) is 11.3. The summed E-state index contributed by atoms with van der Waals surface area (Å²) in [5.41, 5.74) is 0.549. The number of ether oxygens (including phenoxy) is 2. The van der Waals surface area contributed by atoms with Crippen LogP contribution in [0.2, 0.25) is 5.02 Å². The van der Waals surface area contributed by atoms with Crippen molar-refractivity contribution < 1.29 is 18.7 Å². The smallest absolute Gasteiger partial charge is 0.258 e. The lowest BCUT2D eigenvalue weighted by atomic mass is 10.1. The number of hydrogen-bond donors (Lipinski definition) is 2. The molecule has 0 spiro atoms. The second-order valence-corrected chi connectivity index (χ2v) is 7.27. The molecule has 142 valence electrons. The quantitative estimate of drug-likeness (QED) is 0.733. The van der Waals surface area contributed by atoms with Crippen molar-refractivity contribution in [2.24, 2.45) is 0 Å². The minimum Gasteiger partial charge on any atom is -0.493 e. The Labute approximate surface area is 158 Å². The third-order valence-electron chi connectivity index (χ3n) is 3.40. The Hall–Kier alpha value is -2.18. The zero-order valence-electron chi connectivity index (χ0n) is 15.5. The van der Waals surface area contributed by atoms with Gasteiger partial charge in [0.2, 0.25) is 0 Å². The van der Waals surface area contributed by atoms with Gasteiger partial charge in [0.25, 0.3) is 5.91 Å². The predicted molar refractivity (Wildman–Crippen MR) is 101 cm³/mol. The first-order valence-corrected chi connectivity index (χ1v) is 8.69. The van der Waals surface area contributed by atoms with Crippen LogP contribution < -0.4 is 20.1 Å². The lowest BCUT2D eigenvalue weighted by Gasteiger charge is -2.21. The van der Waals surface area contributed by atoms with E-state index in [4.69, 9.17) is 25.5 Å². The van der Waals surface area contributed by atoms with Crippen molar-refractivity contribution in [3.05, 3.63) is 46.9 Å². The molecule has 0 fully saturated rings. The second kappa shape index (κ2) is 8.96. The molecular formula is C19H25ClN2O4. The average Bonchev–Trinajstić information content (AvgIpc) is 3.06. The average molecular weight is 381 g/mol. The van der Waals surface area contributed by atoms with Crippen LogP contribution >= 0.6 is 11.6 Å². The van der Waals surface area contributed by atoms with Crippen molar-refractivity contribution in [3.8, 4) is 11.5 Å². The number of hydrogen-bond acceptors (Lipinski definition) is 5. The van der Waals surface area contributed by atoms with Crippen molar-refractivity contribution in [1.29, 1.82) is 0 Å². The van der Waals surface area contributed by atoms with E-state index in [0.29, 0.717) is 29.6 Å². The highest BCUT2D eigenvalue weighted by Gasteiger charge is 2.16. The fourth-order valence-electron chi connectivity index (χ4n) is 2.32. The van der Waals surface area contributed by atoms with E-state index in [9.17, 15) is 4.79 Å². The minimum absolute atomic E-state index is 0.111. The van der Waals surface area contributed by atoms with Gasteiger partial charge in [0.15, 0.2) is 18.1 Å². The summed E-state index contributed by atoms with van der Waals surface area (Å²) in [5.74, 6) is 1.59. The molecule has 0 atom stereocenters. The van der Waals surface area contributed by atoms with Crippen molar-refractivity contribution in [2.45, 2.75) is 39.4 Å². The van der Waals surface area contributed by atoms with Crippen LogP contribution in [0.1, 0.15) is 32.1 Å². The molecule has 0 aliphatic heterocycles. The molecule has 1 heterocycles. The SMILES string of the molecule is COc1cc(CNCc2ccco2)c(Cl)cc1OCC(=O)NC(C)(C)C. The van der Waals surface area contributed by atoms with Crippen LogP contribution in [0.15, 0.2) is 34.9 Å². The molecule has 1 amide bonds. The van der Waals surface area contributed by atoms with Crippen molar-refractivity contribution >= 4 is 17.5 Å². The van der Waals surface area contributed by atoms with Crippen LogP contribution in [0.25, 0.3) is 0 Å². The van der Waals surface area contributed by atoms with Crippen LogP contribution in [-0.2, 0) is 17.9 Å². The van der Waals surface area contributed by atoms with Crippen LogP contribution in [-0.4, -0.2) is 25.2 Å². The molecule has 0 unspecified atom stereocenters. The number of furan rings is 1. The maximum Gasteiger partial charge on any atom is 0.258 e. The molecule has 26 heavy (non-hydrogen) atoms. The van der Waals surface area contributed by atoms with E-state index in [-0.39, 0.29) is 18.1 Å². The highest BCUT2D eigenvalue weighted by atomic mass is 35.5. The Kier molecular flexibility index (Phi) is 6.94. The third kappa shape index (κ3) is 6.28. The summed E-state index contributed by atoms with van der Waals surface area (Å²) >= 11 is 6.34. The van der Waals surface area contributed by atoms with Crippen molar-refractivity contribution in [3.63, 3.8) is 0 Å². The number of rotatable bonds is 8. The number of methoxy groups -OCH3 is 1. The maximum atomic E-state index is 11.9. The zero-order valence-corrected chi connectivity index (χ0v) is 16.3. The number of carbonyl (C=O) groups is 1. The summed E-state index contributed by atoms with van der Waals surface area (Å²) in [6.07, 6.45) is 1.63. The number of benzene rings is 1. The van der Waals surface area contributed by atoms with Crippen LogP contribution in [0.3, 0.4) is 0 Å². The Balaban J connectivity index is 1.97. The summed E-state index contributed by atoms with van der Waals surface area (Å²) in [6.45, 7) is 6.75. The minimum atomic E-state index is -0.314. The number of halogens is 1. The molecule has 0 saturated carbocycles. The summed E-state index contributed by atoms with van der Waals surface area (Å²) in [5, 5.41) is 6.62. The Bertz CT molecular complexity index is 724. The summed E-state index contributed by atoms with van der Waals surface area (Å²) in [4.78, 5) is 11.9. The molecule has 0 aliphatic carbocycles. The molecule has 0 radical (unpaired) electrons. The van der Waals surface area contributed by atoms with Gasteiger partial charge in [0, 0.05) is 23.2 Å². The summed E-state index contributed by atoms with van der Waals surface area (Å²) in [6, 6.07) is 7.20. The van der Waals surface area contributed by atoms with E-state index in [1.807, 2.05) is 32.9 Å². The lowest BCUT2D eigenvalue weighted by molar-refractivity contribution is -0.124. The molecular weight excluding hydrogens is 356 g/mol. The zero-order chi connectivity index (χ0) is 19.2. The number of nitrogens with one attached hydrogen (secondary N) is 2. The largest absolute Gasteiger partial charge is 0.493 e. The molecule has 6 nitrogen and oxygen atoms in total. The first kappa shape index (κ1) is 20.1. The van der Waals surface area contributed by atoms with E-state index in [0.717, 1.165) is 11.3 Å². The summed E-state index contributed by atoms with van der Waals surface area (Å²) in [7, 11) is 1.55. The first-order chi connectivity index (χ1) is 12.3. The number of carbonyl (C=O) groups excluding carboxylic acids is 1. The Morgan fingerprint density at radius 1 is 1.23 bits per heavy atom. The van der Waals surface area contributed by atoms with Crippen LogP contribution in [0.5, 0.6) is 11.5 Å². The lowest BCUT2D eigenvalue weighted by Crippen LogP contribution is -2.43. The molecule has 2 N–H and O–H groups in total. The third-order valence-corrected chi connectivity index (χ3v) is 3.75. The molecule has 0 saturated heterocycles. The Morgan fingerprint density at radius 3 is 2.62 bits per heavy atom. The van der Waals surface area contributed by atoms with Gasteiger partial charge < -0.3 is 24.5 Å². The van der Waals surface area contributed by atoms with Gasteiger partial charge in [-0.05, 0) is 44.5 Å². The van der Waals surface area contributed by atoms with Gasteiger partial charge in [-0.15, -0.1) is 0 Å².